The number of aryl methyl sites for hydroxylation is 1. The average molecular weight is 429 g/mol. The quantitative estimate of drug-likeness (QED) is 0.459. The van der Waals surface area contributed by atoms with Gasteiger partial charge in [0.25, 0.3) is 0 Å². The van der Waals surface area contributed by atoms with Crippen LogP contribution in [0.25, 0.3) is 27.8 Å². The number of fused-ring (bicyclic) bond motifs is 1. The summed E-state index contributed by atoms with van der Waals surface area (Å²) >= 11 is 0. The van der Waals surface area contributed by atoms with Crippen LogP contribution >= 0.6 is 0 Å². The summed E-state index contributed by atoms with van der Waals surface area (Å²) in [6, 6.07) is 17.9. The second kappa shape index (κ2) is 8.43. The maximum Gasteiger partial charge on any atom is 0.0741 e. The predicted octanol–water partition coefficient (Wildman–Crippen LogP) is 4.78. The molecule has 0 aliphatic carbocycles. The first-order valence-corrected chi connectivity index (χ1v) is 11.6. The summed E-state index contributed by atoms with van der Waals surface area (Å²) in [6.07, 6.45) is 2.82. The highest BCUT2D eigenvalue weighted by molar-refractivity contribution is 5.86. The number of hydrogen-bond donors (Lipinski definition) is 0. The van der Waals surface area contributed by atoms with Gasteiger partial charge in [0.2, 0.25) is 0 Å². The van der Waals surface area contributed by atoms with Gasteiger partial charge >= 0.3 is 0 Å². The van der Waals surface area contributed by atoms with E-state index in [-0.39, 0.29) is 0 Å². The van der Waals surface area contributed by atoms with Gasteiger partial charge < -0.3 is 9.80 Å². The lowest BCUT2D eigenvalue weighted by atomic mass is 10.1. The zero-order valence-electron chi connectivity index (χ0n) is 19.5. The second-order valence-electron chi connectivity index (χ2n) is 9.01. The molecule has 2 aromatic heterocycles. The van der Waals surface area contributed by atoms with Gasteiger partial charge in [0.1, 0.15) is 0 Å². The summed E-state index contributed by atoms with van der Waals surface area (Å²) in [6.45, 7) is 10.9. The molecular formula is C26H32N6. The average Bonchev–Trinajstić information content (AvgIpc) is 3.44. The van der Waals surface area contributed by atoms with Crippen molar-refractivity contribution < 1.29 is 0 Å². The SMILES string of the molecule is CCc1nn(C(C)C)c2cc(-c3ccnn3-c3ccc(N4CCN(C)CC4)cc3)ccc12. The van der Waals surface area contributed by atoms with Crippen LogP contribution in [0.5, 0.6) is 0 Å². The van der Waals surface area contributed by atoms with Crippen molar-refractivity contribution in [2.45, 2.75) is 33.2 Å². The molecule has 0 bridgehead atoms. The van der Waals surface area contributed by atoms with Crippen LogP contribution in [-0.2, 0) is 6.42 Å². The fraction of sp³-hybridized carbons (Fsp3) is 0.385. The maximum absolute atomic E-state index is 4.86. The van der Waals surface area contributed by atoms with Crippen molar-refractivity contribution in [3.63, 3.8) is 0 Å². The summed E-state index contributed by atoms with van der Waals surface area (Å²) < 4.78 is 4.18. The number of rotatable bonds is 5. The molecule has 0 saturated carbocycles. The van der Waals surface area contributed by atoms with Gasteiger partial charge in [0.05, 0.1) is 28.8 Å². The Bertz CT molecular complexity index is 1210. The molecule has 3 heterocycles. The number of benzene rings is 2. The molecular weight excluding hydrogens is 396 g/mol. The molecule has 1 aliphatic heterocycles. The van der Waals surface area contributed by atoms with Gasteiger partial charge in [-0.2, -0.15) is 10.2 Å². The summed E-state index contributed by atoms with van der Waals surface area (Å²) in [5.74, 6) is 0. The van der Waals surface area contributed by atoms with Crippen molar-refractivity contribution in [2.24, 2.45) is 0 Å². The fourth-order valence-electron chi connectivity index (χ4n) is 4.61. The van der Waals surface area contributed by atoms with Crippen LogP contribution in [0.2, 0.25) is 0 Å². The molecule has 1 aliphatic rings. The normalized spacial score (nSPS) is 15.2. The van der Waals surface area contributed by atoms with E-state index in [9.17, 15) is 0 Å². The van der Waals surface area contributed by atoms with Crippen LogP contribution in [-0.4, -0.2) is 57.7 Å². The lowest BCUT2D eigenvalue weighted by Crippen LogP contribution is -2.44. The molecule has 2 aromatic carbocycles. The Kier molecular flexibility index (Phi) is 5.47. The van der Waals surface area contributed by atoms with E-state index in [0.717, 1.165) is 55.2 Å². The van der Waals surface area contributed by atoms with Crippen LogP contribution in [0.15, 0.2) is 54.7 Å². The van der Waals surface area contributed by atoms with Crippen molar-refractivity contribution in [1.29, 1.82) is 0 Å². The van der Waals surface area contributed by atoms with Gasteiger partial charge in [-0.05, 0) is 63.7 Å². The van der Waals surface area contributed by atoms with Gasteiger partial charge in [-0.1, -0.05) is 19.1 Å². The lowest BCUT2D eigenvalue weighted by Gasteiger charge is -2.34. The van der Waals surface area contributed by atoms with Crippen molar-refractivity contribution in [1.82, 2.24) is 24.5 Å². The minimum atomic E-state index is 0.320. The predicted molar refractivity (Wildman–Crippen MR) is 132 cm³/mol. The Balaban J connectivity index is 1.48. The zero-order valence-corrected chi connectivity index (χ0v) is 19.5. The third kappa shape index (κ3) is 3.69. The molecule has 6 heteroatoms. The van der Waals surface area contributed by atoms with Crippen LogP contribution in [0.4, 0.5) is 5.69 Å². The van der Waals surface area contributed by atoms with E-state index in [1.54, 1.807) is 0 Å². The minimum absolute atomic E-state index is 0.320. The topological polar surface area (TPSA) is 42.1 Å². The van der Waals surface area contributed by atoms with E-state index < -0.39 is 0 Å². The largest absolute Gasteiger partial charge is 0.369 e. The van der Waals surface area contributed by atoms with Crippen molar-refractivity contribution in [2.75, 3.05) is 38.1 Å². The van der Waals surface area contributed by atoms with E-state index in [1.807, 2.05) is 10.9 Å². The Morgan fingerprint density at radius 1 is 0.906 bits per heavy atom. The Hall–Kier alpha value is -3.12. The Morgan fingerprint density at radius 2 is 1.62 bits per heavy atom. The molecule has 0 unspecified atom stereocenters. The van der Waals surface area contributed by atoms with Gasteiger partial charge in [0.15, 0.2) is 0 Å². The van der Waals surface area contributed by atoms with E-state index in [0.29, 0.717) is 6.04 Å². The van der Waals surface area contributed by atoms with Gasteiger partial charge in [0, 0.05) is 48.9 Å². The number of hydrogen-bond acceptors (Lipinski definition) is 4. The van der Waals surface area contributed by atoms with Gasteiger partial charge in [-0.25, -0.2) is 4.68 Å². The number of nitrogens with zero attached hydrogens (tertiary/aromatic N) is 6. The molecule has 1 fully saturated rings. The summed E-state index contributed by atoms with van der Waals surface area (Å²) in [5.41, 5.74) is 6.96. The van der Waals surface area contributed by atoms with Crippen LogP contribution < -0.4 is 4.90 Å². The molecule has 4 aromatic rings. The zero-order chi connectivity index (χ0) is 22.2. The molecule has 1 saturated heterocycles. The standard InChI is InChI=1S/C26H32N6/c1-5-24-23-11-6-20(18-26(23)31(28-24)19(2)3)25-12-13-27-32(25)22-9-7-21(8-10-22)30-16-14-29(4)15-17-30/h6-13,18-19H,5,14-17H2,1-4H3. The van der Waals surface area contributed by atoms with E-state index in [1.165, 1.54) is 16.6 Å². The van der Waals surface area contributed by atoms with Crippen LogP contribution in [0, 0.1) is 0 Å². The molecule has 0 amide bonds. The van der Waals surface area contributed by atoms with Gasteiger partial charge in [-0.3, -0.25) is 4.68 Å². The Morgan fingerprint density at radius 3 is 2.31 bits per heavy atom. The highest BCUT2D eigenvalue weighted by Crippen LogP contribution is 2.30. The fourth-order valence-corrected chi connectivity index (χ4v) is 4.61. The van der Waals surface area contributed by atoms with Crippen molar-refractivity contribution in [3.8, 4) is 16.9 Å². The first-order valence-electron chi connectivity index (χ1n) is 11.6. The number of anilines is 1. The monoisotopic (exact) mass is 428 g/mol. The second-order valence-corrected chi connectivity index (χ2v) is 9.01. The highest BCUT2D eigenvalue weighted by Gasteiger charge is 2.16. The number of piperazine rings is 1. The van der Waals surface area contributed by atoms with Crippen LogP contribution in [0.1, 0.15) is 32.5 Å². The highest BCUT2D eigenvalue weighted by atomic mass is 15.3. The van der Waals surface area contributed by atoms with E-state index >= 15 is 0 Å². The molecule has 166 valence electrons. The van der Waals surface area contributed by atoms with E-state index in [4.69, 9.17) is 5.10 Å². The lowest BCUT2D eigenvalue weighted by molar-refractivity contribution is 0.313. The molecule has 0 N–H and O–H groups in total. The molecule has 32 heavy (non-hydrogen) atoms. The molecule has 0 spiro atoms. The molecule has 5 rings (SSSR count). The van der Waals surface area contributed by atoms with Gasteiger partial charge in [-0.15, -0.1) is 0 Å². The molecule has 0 atom stereocenters. The third-order valence-corrected chi connectivity index (χ3v) is 6.51. The first-order chi connectivity index (χ1) is 15.5. The van der Waals surface area contributed by atoms with Crippen LogP contribution in [0.3, 0.4) is 0 Å². The first kappa shape index (κ1) is 20.8. The van der Waals surface area contributed by atoms with Crippen molar-refractivity contribution in [3.05, 3.63) is 60.4 Å². The number of aromatic nitrogens is 4. The van der Waals surface area contributed by atoms with Crippen molar-refractivity contribution >= 4 is 16.6 Å². The minimum Gasteiger partial charge on any atom is -0.369 e. The maximum atomic E-state index is 4.86. The summed E-state index contributed by atoms with van der Waals surface area (Å²) in [5, 5.41) is 10.7. The molecule has 0 radical (unpaired) electrons. The summed E-state index contributed by atoms with van der Waals surface area (Å²) in [7, 11) is 2.19. The third-order valence-electron chi connectivity index (χ3n) is 6.51. The summed E-state index contributed by atoms with van der Waals surface area (Å²) in [4.78, 5) is 4.84. The molecule has 6 nitrogen and oxygen atoms in total. The van der Waals surface area contributed by atoms with E-state index in [2.05, 4.69) is 95.9 Å². The Labute approximate surface area is 190 Å². The number of likely N-dealkylation sites (N-methyl/N-ethyl adjacent to an activating group) is 1. The smallest absolute Gasteiger partial charge is 0.0741 e.